The van der Waals surface area contributed by atoms with E-state index in [1.54, 1.807) is 23.5 Å². The molecule has 0 bridgehead atoms. The summed E-state index contributed by atoms with van der Waals surface area (Å²) in [5.74, 6) is 1.73. The van der Waals surface area contributed by atoms with Crippen LogP contribution in [0.3, 0.4) is 0 Å². The maximum Gasteiger partial charge on any atom is 0.258 e. The van der Waals surface area contributed by atoms with Crippen molar-refractivity contribution in [3.8, 4) is 5.00 Å². The van der Waals surface area contributed by atoms with Crippen LogP contribution in [0.4, 0.5) is 5.69 Å². The Morgan fingerprint density at radius 2 is 1.96 bits per heavy atom. The number of carbonyl (C=O) groups is 1. The highest BCUT2D eigenvalue weighted by Gasteiger charge is 2.26. The average Bonchev–Trinajstić information content (AvgIpc) is 3.29. The van der Waals surface area contributed by atoms with Gasteiger partial charge in [0, 0.05) is 35.0 Å². The third kappa shape index (κ3) is 3.64. The van der Waals surface area contributed by atoms with Crippen molar-refractivity contribution < 1.29 is 13.2 Å². The molecule has 5 nitrogen and oxygen atoms in total. The molecule has 0 radical (unpaired) electrons. The van der Waals surface area contributed by atoms with E-state index in [-0.39, 0.29) is 10.8 Å². The first-order valence-corrected chi connectivity index (χ1v) is 12.7. The molecule has 1 aromatic carbocycles. The molecule has 3 aromatic rings. The number of aromatic nitrogens is 1. The highest BCUT2D eigenvalue weighted by molar-refractivity contribution is 7.98. The first-order chi connectivity index (χ1) is 13.3. The number of benzene rings is 1. The maximum atomic E-state index is 13.3. The number of rotatable bonds is 4. The number of sulfone groups is 1. The highest BCUT2D eigenvalue weighted by Crippen LogP contribution is 2.38. The zero-order chi connectivity index (χ0) is 19.9. The van der Waals surface area contributed by atoms with Crippen LogP contribution in [-0.2, 0) is 22.0 Å². The van der Waals surface area contributed by atoms with Crippen molar-refractivity contribution in [3.05, 3.63) is 64.3 Å². The Morgan fingerprint density at radius 3 is 2.68 bits per heavy atom. The average molecular weight is 433 g/mol. The van der Waals surface area contributed by atoms with E-state index in [0.717, 1.165) is 34.1 Å². The Labute approximate surface area is 172 Å². The molecule has 28 heavy (non-hydrogen) atoms. The molecule has 0 unspecified atom stereocenters. The smallest absolute Gasteiger partial charge is 0.258 e. The van der Waals surface area contributed by atoms with Crippen molar-refractivity contribution >= 4 is 44.5 Å². The van der Waals surface area contributed by atoms with Gasteiger partial charge in [0.05, 0.1) is 10.5 Å². The van der Waals surface area contributed by atoms with Crippen LogP contribution in [0.1, 0.15) is 26.4 Å². The van der Waals surface area contributed by atoms with E-state index < -0.39 is 9.84 Å². The van der Waals surface area contributed by atoms with Gasteiger partial charge in [-0.2, -0.15) is 11.8 Å². The van der Waals surface area contributed by atoms with Gasteiger partial charge in [-0.05, 0) is 54.5 Å². The molecule has 0 spiro atoms. The van der Waals surface area contributed by atoms with E-state index in [1.165, 1.54) is 17.2 Å². The number of fused-ring (bicyclic) bond motifs is 1. The van der Waals surface area contributed by atoms with E-state index in [4.69, 9.17) is 0 Å². The Balaban J connectivity index is 1.76. The van der Waals surface area contributed by atoms with Gasteiger partial charge in [-0.15, -0.1) is 11.3 Å². The number of thioether (sulfide) groups is 1. The molecule has 1 aliphatic heterocycles. The fraction of sp³-hybridized carbons (Fsp3) is 0.250. The predicted molar refractivity (Wildman–Crippen MR) is 116 cm³/mol. The molecule has 1 aliphatic rings. The lowest BCUT2D eigenvalue weighted by Crippen LogP contribution is -2.17. The molecule has 0 saturated heterocycles. The Hall–Kier alpha value is -2.03. The first kappa shape index (κ1) is 19.3. The summed E-state index contributed by atoms with van der Waals surface area (Å²) in [5, 5.41) is 3.87. The van der Waals surface area contributed by atoms with Gasteiger partial charge in [0.15, 0.2) is 9.84 Å². The Bertz CT molecular complexity index is 1150. The van der Waals surface area contributed by atoms with Crippen LogP contribution in [0.15, 0.2) is 47.6 Å². The quantitative estimate of drug-likeness (QED) is 0.668. The largest absolute Gasteiger partial charge is 0.322 e. The number of hydrogen-bond acceptors (Lipinski definition) is 5. The molecular formula is C20H20N2O3S3. The second-order valence-electron chi connectivity index (χ2n) is 6.78. The molecule has 3 heterocycles. The van der Waals surface area contributed by atoms with E-state index in [2.05, 4.69) is 5.32 Å². The number of anilines is 1. The van der Waals surface area contributed by atoms with Crippen molar-refractivity contribution in [2.75, 3.05) is 17.3 Å². The molecule has 2 aromatic heterocycles. The highest BCUT2D eigenvalue weighted by atomic mass is 32.2. The lowest BCUT2D eigenvalue weighted by Gasteiger charge is -2.14. The number of amides is 1. The summed E-state index contributed by atoms with van der Waals surface area (Å²) < 4.78 is 25.8. The van der Waals surface area contributed by atoms with Crippen LogP contribution >= 0.6 is 23.1 Å². The van der Waals surface area contributed by atoms with Crippen LogP contribution in [0.2, 0.25) is 0 Å². The second-order valence-corrected chi connectivity index (χ2v) is 11.0. The summed E-state index contributed by atoms with van der Waals surface area (Å²) in [4.78, 5) is 14.7. The molecule has 1 amide bonds. The van der Waals surface area contributed by atoms with Gasteiger partial charge in [-0.3, -0.25) is 4.79 Å². The van der Waals surface area contributed by atoms with Crippen molar-refractivity contribution in [1.29, 1.82) is 0 Å². The van der Waals surface area contributed by atoms with Crippen LogP contribution in [0, 0.1) is 6.92 Å². The van der Waals surface area contributed by atoms with Gasteiger partial charge in [-0.25, -0.2) is 8.42 Å². The minimum Gasteiger partial charge on any atom is -0.322 e. The third-order valence-electron chi connectivity index (χ3n) is 4.75. The number of hydrogen-bond donors (Lipinski definition) is 1. The number of aryl methyl sites for hydroxylation is 1. The third-order valence-corrected chi connectivity index (χ3v) is 8.28. The molecule has 4 rings (SSSR count). The SMILES string of the molecule is Cc1ccc(S(C)(=O)=O)cc1NC(=O)c1c(-n2cccc2)sc2c1CCSC2. The minimum atomic E-state index is -3.35. The van der Waals surface area contributed by atoms with E-state index in [1.807, 2.05) is 47.8 Å². The molecule has 0 aliphatic carbocycles. The fourth-order valence-electron chi connectivity index (χ4n) is 3.26. The van der Waals surface area contributed by atoms with Gasteiger partial charge in [0.1, 0.15) is 5.00 Å². The standard InChI is InChI=1S/C20H20N2O3S3/c1-13-5-6-14(28(2,24)25)11-16(13)21-19(23)18-15-7-10-26-12-17(15)27-20(18)22-8-3-4-9-22/h3-6,8-9,11H,7,10,12H2,1-2H3,(H,21,23). The molecule has 0 atom stereocenters. The van der Waals surface area contributed by atoms with Crippen LogP contribution < -0.4 is 5.32 Å². The van der Waals surface area contributed by atoms with E-state index >= 15 is 0 Å². The van der Waals surface area contributed by atoms with Crippen molar-refractivity contribution in [2.45, 2.75) is 24.0 Å². The number of thiophene rings is 1. The number of nitrogens with zero attached hydrogens (tertiary/aromatic N) is 1. The van der Waals surface area contributed by atoms with E-state index in [0.29, 0.717) is 11.3 Å². The maximum absolute atomic E-state index is 13.3. The summed E-state index contributed by atoms with van der Waals surface area (Å²) >= 11 is 3.54. The monoisotopic (exact) mass is 432 g/mol. The summed E-state index contributed by atoms with van der Waals surface area (Å²) in [6, 6.07) is 8.70. The topological polar surface area (TPSA) is 68.2 Å². The summed E-state index contributed by atoms with van der Waals surface area (Å²) in [5.41, 5.74) is 3.15. The summed E-state index contributed by atoms with van der Waals surface area (Å²) in [7, 11) is -3.35. The second kappa shape index (κ2) is 7.42. The minimum absolute atomic E-state index is 0.193. The van der Waals surface area contributed by atoms with Gasteiger partial charge >= 0.3 is 0 Å². The lowest BCUT2D eigenvalue weighted by atomic mass is 10.1. The Kier molecular flexibility index (Phi) is 5.11. The zero-order valence-corrected chi connectivity index (χ0v) is 18.0. The van der Waals surface area contributed by atoms with Crippen LogP contribution in [0.5, 0.6) is 0 Å². The lowest BCUT2D eigenvalue weighted by molar-refractivity contribution is 0.102. The van der Waals surface area contributed by atoms with Crippen molar-refractivity contribution in [2.24, 2.45) is 0 Å². The van der Waals surface area contributed by atoms with Crippen LogP contribution in [0.25, 0.3) is 5.00 Å². The fourth-order valence-corrected chi connectivity index (χ4v) is 6.35. The normalized spacial score (nSPS) is 13.9. The summed E-state index contributed by atoms with van der Waals surface area (Å²) in [6.07, 6.45) is 5.91. The van der Waals surface area contributed by atoms with Gasteiger partial charge in [0.25, 0.3) is 5.91 Å². The van der Waals surface area contributed by atoms with Crippen LogP contribution in [-0.4, -0.2) is 30.9 Å². The van der Waals surface area contributed by atoms with Gasteiger partial charge in [-0.1, -0.05) is 6.07 Å². The molecule has 146 valence electrons. The molecule has 8 heteroatoms. The first-order valence-electron chi connectivity index (χ1n) is 8.82. The molecule has 0 fully saturated rings. The number of carbonyl (C=O) groups excluding carboxylic acids is 1. The van der Waals surface area contributed by atoms with E-state index in [9.17, 15) is 13.2 Å². The van der Waals surface area contributed by atoms with Crippen molar-refractivity contribution in [1.82, 2.24) is 4.57 Å². The predicted octanol–water partition coefficient (Wildman–Crippen LogP) is 4.29. The van der Waals surface area contributed by atoms with Gasteiger partial charge in [0.2, 0.25) is 0 Å². The Morgan fingerprint density at radius 1 is 1.21 bits per heavy atom. The molecule has 1 N–H and O–H groups in total. The van der Waals surface area contributed by atoms with Crippen molar-refractivity contribution in [3.63, 3.8) is 0 Å². The number of nitrogens with one attached hydrogen (secondary N) is 1. The molecular weight excluding hydrogens is 412 g/mol. The summed E-state index contributed by atoms with van der Waals surface area (Å²) in [6.45, 7) is 1.86. The molecule has 0 saturated carbocycles. The van der Waals surface area contributed by atoms with Gasteiger partial charge < -0.3 is 9.88 Å². The zero-order valence-electron chi connectivity index (χ0n) is 15.6.